The fourth-order valence-corrected chi connectivity index (χ4v) is 6.40. The maximum absolute atomic E-state index is 6.26. The van der Waals surface area contributed by atoms with Crippen LogP contribution in [0, 0.1) is 41.4 Å². The molecule has 0 radical (unpaired) electrons. The maximum Gasteiger partial charge on any atom is -0.00460 e. The second-order valence-electron chi connectivity index (χ2n) is 9.64. The third-order valence-electron chi connectivity index (χ3n) is 7.96. The summed E-state index contributed by atoms with van der Waals surface area (Å²) in [5.41, 5.74) is 6.26. The minimum absolute atomic E-state index is 0.841. The van der Waals surface area contributed by atoms with Crippen LogP contribution < -0.4 is 5.73 Å². The summed E-state index contributed by atoms with van der Waals surface area (Å²) in [6, 6.07) is 0. The molecular weight excluding hydrogens is 278 g/mol. The van der Waals surface area contributed by atoms with Crippen molar-refractivity contribution in [3.63, 3.8) is 0 Å². The van der Waals surface area contributed by atoms with Gasteiger partial charge in [0.1, 0.15) is 0 Å². The number of hydrogen-bond acceptors (Lipinski definition) is 1. The summed E-state index contributed by atoms with van der Waals surface area (Å²) in [4.78, 5) is 0. The molecule has 0 amide bonds. The SMILES string of the molecule is C[C@H]1CCC2CC([C@H]3CCC[C@@H](C)CCC3)CC(CN)C2CC1. The van der Waals surface area contributed by atoms with Crippen LogP contribution >= 0.6 is 0 Å². The van der Waals surface area contributed by atoms with Crippen molar-refractivity contribution in [1.82, 2.24) is 0 Å². The first-order chi connectivity index (χ1) is 11.2. The Kier molecular flexibility index (Phi) is 6.46. The van der Waals surface area contributed by atoms with Crippen LogP contribution in [0.4, 0.5) is 0 Å². The Morgan fingerprint density at radius 2 is 1.30 bits per heavy atom. The molecule has 0 aromatic heterocycles. The van der Waals surface area contributed by atoms with Crippen molar-refractivity contribution in [1.29, 1.82) is 0 Å². The Balaban J connectivity index is 1.64. The molecule has 3 saturated carbocycles. The largest absolute Gasteiger partial charge is 0.330 e. The standard InChI is InChI=1S/C22H41N/c1-16-5-3-7-18(8-4-6-16)20-13-19-11-9-17(2)10-12-22(19)21(14-20)15-23/h16-22H,3-15,23H2,1-2H3/t16-,17-,18+,19?,20?,21?,22?/m0/s1. The fourth-order valence-electron chi connectivity index (χ4n) is 6.40. The maximum atomic E-state index is 6.26. The van der Waals surface area contributed by atoms with Gasteiger partial charge >= 0.3 is 0 Å². The van der Waals surface area contributed by atoms with Crippen molar-refractivity contribution < 1.29 is 0 Å². The highest BCUT2D eigenvalue weighted by molar-refractivity contribution is 4.91. The molecule has 5 atom stereocenters. The molecule has 0 aliphatic heterocycles. The van der Waals surface area contributed by atoms with Crippen LogP contribution in [-0.4, -0.2) is 6.54 Å². The summed E-state index contributed by atoms with van der Waals surface area (Å²) in [5.74, 6) is 6.79. The van der Waals surface area contributed by atoms with Gasteiger partial charge in [-0.1, -0.05) is 65.2 Å². The third kappa shape index (κ3) is 4.53. The number of fused-ring (bicyclic) bond motifs is 1. The van der Waals surface area contributed by atoms with E-state index in [1.807, 2.05) is 0 Å². The van der Waals surface area contributed by atoms with E-state index in [9.17, 15) is 0 Å². The van der Waals surface area contributed by atoms with Gasteiger partial charge in [0.15, 0.2) is 0 Å². The highest BCUT2D eigenvalue weighted by Gasteiger charge is 2.40. The van der Waals surface area contributed by atoms with Gasteiger partial charge in [0, 0.05) is 0 Å². The summed E-state index contributed by atoms with van der Waals surface area (Å²) in [5, 5.41) is 0. The summed E-state index contributed by atoms with van der Waals surface area (Å²) < 4.78 is 0. The van der Waals surface area contributed by atoms with E-state index in [-0.39, 0.29) is 0 Å². The van der Waals surface area contributed by atoms with E-state index in [4.69, 9.17) is 5.73 Å². The molecule has 0 saturated heterocycles. The van der Waals surface area contributed by atoms with E-state index in [0.29, 0.717) is 0 Å². The molecular formula is C22H41N. The van der Waals surface area contributed by atoms with Gasteiger partial charge in [-0.05, 0) is 73.7 Å². The van der Waals surface area contributed by atoms with Crippen LogP contribution in [0.5, 0.6) is 0 Å². The first kappa shape index (κ1) is 17.8. The zero-order chi connectivity index (χ0) is 16.2. The van der Waals surface area contributed by atoms with Crippen molar-refractivity contribution in [2.45, 2.75) is 90.9 Å². The van der Waals surface area contributed by atoms with Crippen LogP contribution in [0.2, 0.25) is 0 Å². The summed E-state index contributed by atoms with van der Waals surface area (Å²) >= 11 is 0. The fraction of sp³-hybridized carbons (Fsp3) is 1.00. The highest BCUT2D eigenvalue weighted by atomic mass is 14.6. The van der Waals surface area contributed by atoms with E-state index in [1.165, 1.54) is 70.6 Å². The van der Waals surface area contributed by atoms with Crippen molar-refractivity contribution in [3.8, 4) is 0 Å². The predicted octanol–water partition coefficient (Wildman–Crippen LogP) is 6.02. The molecule has 1 nitrogen and oxygen atoms in total. The molecule has 0 aromatic carbocycles. The van der Waals surface area contributed by atoms with E-state index < -0.39 is 0 Å². The Hall–Kier alpha value is -0.0400. The average molecular weight is 320 g/mol. The van der Waals surface area contributed by atoms with E-state index in [2.05, 4.69) is 13.8 Å². The van der Waals surface area contributed by atoms with Gasteiger partial charge in [-0.15, -0.1) is 0 Å². The number of nitrogens with two attached hydrogens (primary N) is 1. The summed E-state index contributed by atoms with van der Waals surface area (Å²) in [7, 11) is 0. The Morgan fingerprint density at radius 1 is 0.652 bits per heavy atom. The van der Waals surface area contributed by atoms with Crippen LogP contribution in [0.25, 0.3) is 0 Å². The van der Waals surface area contributed by atoms with Crippen molar-refractivity contribution in [2.75, 3.05) is 6.54 Å². The molecule has 2 N–H and O–H groups in total. The Labute approximate surface area is 145 Å². The average Bonchev–Trinajstić information content (AvgIpc) is 2.72. The lowest BCUT2D eigenvalue weighted by atomic mass is 9.61. The monoisotopic (exact) mass is 319 g/mol. The molecule has 0 bridgehead atoms. The predicted molar refractivity (Wildman–Crippen MR) is 100 cm³/mol. The molecule has 23 heavy (non-hydrogen) atoms. The van der Waals surface area contributed by atoms with Crippen molar-refractivity contribution >= 4 is 0 Å². The van der Waals surface area contributed by atoms with Crippen LogP contribution in [0.1, 0.15) is 90.9 Å². The number of rotatable bonds is 2. The van der Waals surface area contributed by atoms with Gasteiger partial charge < -0.3 is 5.73 Å². The van der Waals surface area contributed by atoms with Crippen molar-refractivity contribution in [2.24, 2.45) is 47.2 Å². The summed E-state index contributed by atoms with van der Waals surface area (Å²) in [6.07, 6.45) is 17.9. The highest BCUT2D eigenvalue weighted by Crippen LogP contribution is 2.49. The van der Waals surface area contributed by atoms with Gasteiger partial charge in [-0.2, -0.15) is 0 Å². The van der Waals surface area contributed by atoms with Gasteiger partial charge in [0.05, 0.1) is 0 Å². The zero-order valence-corrected chi connectivity index (χ0v) is 15.8. The summed E-state index contributed by atoms with van der Waals surface area (Å²) in [6.45, 7) is 5.89. The molecule has 3 fully saturated rings. The lowest BCUT2D eigenvalue weighted by Gasteiger charge is -2.44. The normalized spacial score (nSPS) is 46.3. The van der Waals surface area contributed by atoms with E-state index in [1.54, 1.807) is 6.42 Å². The van der Waals surface area contributed by atoms with Gasteiger partial charge in [0.25, 0.3) is 0 Å². The molecule has 0 aromatic rings. The third-order valence-corrected chi connectivity index (χ3v) is 7.96. The lowest BCUT2D eigenvalue weighted by Crippen LogP contribution is -2.38. The van der Waals surface area contributed by atoms with Gasteiger partial charge in [-0.3, -0.25) is 0 Å². The molecule has 1 heteroatoms. The molecule has 134 valence electrons. The smallest absolute Gasteiger partial charge is 0.00460 e. The van der Waals surface area contributed by atoms with Crippen LogP contribution in [-0.2, 0) is 0 Å². The van der Waals surface area contributed by atoms with Crippen LogP contribution in [0.3, 0.4) is 0 Å². The zero-order valence-electron chi connectivity index (χ0n) is 15.8. The Bertz CT molecular complexity index is 342. The minimum atomic E-state index is 0.841. The second kappa shape index (κ2) is 8.37. The first-order valence-corrected chi connectivity index (χ1v) is 10.9. The Morgan fingerprint density at radius 3 is 2.00 bits per heavy atom. The molecule has 4 unspecified atom stereocenters. The van der Waals surface area contributed by atoms with Crippen LogP contribution in [0.15, 0.2) is 0 Å². The molecule has 3 aliphatic rings. The van der Waals surface area contributed by atoms with Gasteiger partial charge in [-0.25, -0.2) is 0 Å². The topological polar surface area (TPSA) is 26.0 Å². The first-order valence-electron chi connectivity index (χ1n) is 10.9. The van der Waals surface area contributed by atoms with E-state index >= 15 is 0 Å². The van der Waals surface area contributed by atoms with Crippen molar-refractivity contribution in [3.05, 3.63) is 0 Å². The lowest BCUT2D eigenvalue weighted by molar-refractivity contribution is 0.0627. The second-order valence-corrected chi connectivity index (χ2v) is 9.64. The minimum Gasteiger partial charge on any atom is -0.330 e. The molecule has 3 rings (SSSR count). The molecule has 0 heterocycles. The number of hydrogen-bond donors (Lipinski definition) is 1. The van der Waals surface area contributed by atoms with Gasteiger partial charge in [0.2, 0.25) is 0 Å². The molecule has 0 spiro atoms. The quantitative estimate of drug-likeness (QED) is 0.661. The molecule has 3 aliphatic carbocycles. The van der Waals surface area contributed by atoms with E-state index in [0.717, 1.165) is 48.0 Å².